The predicted octanol–water partition coefficient (Wildman–Crippen LogP) is 5.55. The van der Waals surface area contributed by atoms with Crippen molar-refractivity contribution in [2.45, 2.75) is 31.3 Å². The van der Waals surface area contributed by atoms with Gasteiger partial charge in [0.25, 0.3) is 0 Å². The molecule has 1 fully saturated rings. The van der Waals surface area contributed by atoms with Crippen LogP contribution in [0.4, 0.5) is 13.2 Å². The van der Waals surface area contributed by atoms with Crippen LogP contribution in [-0.2, 0) is 9.47 Å². The quantitative estimate of drug-likeness (QED) is 0.417. The molecule has 0 spiro atoms. The van der Waals surface area contributed by atoms with Crippen LogP contribution < -0.4 is 0 Å². The Balaban J connectivity index is 1.93. The summed E-state index contributed by atoms with van der Waals surface area (Å²) in [6, 6.07) is 3.51. The molecule has 8 heteroatoms. The molecule has 1 saturated heterocycles. The van der Waals surface area contributed by atoms with Crippen molar-refractivity contribution in [3.63, 3.8) is 0 Å². The zero-order valence-electron chi connectivity index (χ0n) is 14.9. The van der Waals surface area contributed by atoms with E-state index in [-0.39, 0.29) is 5.56 Å². The maximum absolute atomic E-state index is 14.5. The van der Waals surface area contributed by atoms with Crippen molar-refractivity contribution >= 4 is 27.7 Å². The topological polar surface area (TPSA) is 31.4 Å². The van der Waals surface area contributed by atoms with Crippen molar-refractivity contribution < 1.29 is 22.6 Å². The number of aryl methyl sites for hydroxylation is 1. The number of pyridine rings is 1. The molecule has 0 aliphatic carbocycles. The highest BCUT2D eigenvalue weighted by Crippen LogP contribution is 2.41. The lowest BCUT2D eigenvalue weighted by Gasteiger charge is -2.25. The van der Waals surface area contributed by atoms with Gasteiger partial charge < -0.3 is 9.47 Å². The first-order valence-corrected chi connectivity index (χ1v) is 10.3. The molecule has 3 rings (SSSR count). The number of hydrogen-bond acceptors (Lipinski definition) is 4. The van der Waals surface area contributed by atoms with E-state index >= 15 is 0 Å². The third-order valence-electron chi connectivity index (χ3n) is 4.48. The van der Waals surface area contributed by atoms with Crippen LogP contribution >= 0.6 is 27.7 Å². The van der Waals surface area contributed by atoms with Gasteiger partial charge in [-0.15, -0.1) is 11.8 Å². The highest BCUT2D eigenvalue weighted by atomic mass is 79.9. The minimum absolute atomic E-state index is 0.300. The van der Waals surface area contributed by atoms with E-state index in [0.29, 0.717) is 35.6 Å². The molecule has 1 aliphatic rings. The molecule has 3 nitrogen and oxygen atoms in total. The highest BCUT2D eigenvalue weighted by Gasteiger charge is 2.32. The smallest absolute Gasteiger partial charge is 0.166 e. The fourth-order valence-electron chi connectivity index (χ4n) is 2.98. The van der Waals surface area contributed by atoms with Gasteiger partial charge in [-0.2, -0.15) is 0 Å². The van der Waals surface area contributed by atoms with Gasteiger partial charge in [0.2, 0.25) is 0 Å². The molecule has 0 amide bonds. The normalized spacial score (nSPS) is 17.3. The first kappa shape index (κ1) is 20.6. The number of aromatic nitrogens is 1. The second kappa shape index (κ2) is 8.51. The van der Waals surface area contributed by atoms with Gasteiger partial charge in [-0.1, -0.05) is 0 Å². The first-order chi connectivity index (χ1) is 12.8. The molecule has 146 valence electrons. The molecule has 0 N–H and O–H groups in total. The van der Waals surface area contributed by atoms with Crippen molar-refractivity contribution in [1.29, 1.82) is 0 Å². The van der Waals surface area contributed by atoms with Crippen LogP contribution in [0.3, 0.4) is 0 Å². The van der Waals surface area contributed by atoms with E-state index in [0.717, 1.165) is 17.7 Å². The second-order valence-corrected chi connectivity index (χ2v) is 8.48. The summed E-state index contributed by atoms with van der Waals surface area (Å²) in [5.74, 6) is -3.23. The zero-order chi connectivity index (χ0) is 19.6. The first-order valence-electron chi connectivity index (χ1n) is 8.46. The maximum Gasteiger partial charge on any atom is 0.166 e. The Labute approximate surface area is 168 Å². The Morgan fingerprint density at radius 1 is 1.22 bits per heavy atom. The molecule has 2 aromatic rings. The summed E-state index contributed by atoms with van der Waals surface area (Å²) in [5, 5.41) is -0.744. The molecule has 1 aromatic carbocycles. The summed E-state index contributed by atoms with van der Waals surface area (Å²) >= 11 is 4.60. The van der Waals surface area contributed by atoms with E-state index in [1.807, 2.05) is 13.8 Å². The molecule has 1 unspecified atom stereocenters. The van der Waals surface area contributed by atoms with Crippen molar-refractivity contribution in [2.24, 2.45) is 0 Å². The second-order valence-electron chi connectivity index (χ2n) is 6.45. The lowest BCUT2D eigenvalue weighted by atomic mass is 10.0. The van der Waals surface area contributed by atoms with E-state index in [9.17, 15) is 13.2 Å². The van der Waals surface area contributed by atoms with Crippen LogP contribution in [0.1, 0.15) is 35.3 Å². The summed E-state index contributed by atoms with van der Waals surface area (Å²) in [5.41, 5.74) is 1.13. The standard InChI is InChI=1S/C19H19BrF3NO2S/c1-11-9-15(20)24-10-12(11)18(16-13(21)3-4-14(22)17(16)23)27-8-5-19(2)25-6-7-26-19/h3-4,9-10,18H,5-8H2,1-2H3. The molecule has 2 heterocycles. The van der Waals surface area contributed by atoms with Crippen molar-refractivity contribution in [3.8, 4) is 0 Å². The van der Waals surface area contributed by atoms with Gasteiger partial charge in [0.1, 0.15) is 10.4 Å². The summed E-state index contributed by atoms with van der Waals surface area (Å²) < 4.78 is 54.6. The summed E-state index contributed by atoms with van der Waals surface area (Å²) in [7, 11) is 0. The van der Waals surface area contributed by atoms with E-state index in [1.54, 1.807) is 12.3 Å². The SMILES string of the molecule is Cc1cc(Br)ncc1C(SCCC1(C)OCCO1)c1c(F)ccc(F)c1F. The summed E-state index contributed by atoms with van der Waals surface area (Å²) in [4.78, 5) is 4.18. The van der Waals surface area contributed by atoms with E-state index in [2.05, 4.69) is 20.9 Å². The molecule has 27 heavy (non-hydrogen) atoms. The number of thioether (sulfide) groups is 1. The minimum Gasteiger partial charge on any atom is -0.348 e. The monoisotopic (exact) mass is 461 g/mol. The number of rotatable bonds is 6. The number of hydrogen-bond donors (Lipinski definition) is 0. The Hall–Kier alpha value is -1.09. The highest BCUT2D eigenvalue weighted by molar-refractivity contribution is 9.10. The summed E-state index contributed by atoms with van der Waals surface area (Å²) in [6.07, 6.45) is 2.10. The van der Waals surface area contributed by atoms with Crippen LogP contribution in [-0.4, -0.2) is 29.7 Å². The van der Waals surface area contributed by atoms with Gasteiger partial charge >= 0.3 is 0 Å². The van der Waals surface area contributed by atoms with Crippen LogP contribution in [0.25, 0.3) is 0 Å². The van der Waals surface area contributed by atoms with Crippen LogP contribution in [0, 0.1) is 24.4 Å². The third kappa shape index (κ3) is 4.67. The van der Waals surface area contributed by atoms with Gasteiger partial charge in [0, 0.05) is 18.2 Å². The van der Waals surface area contributed by atoms with E-state index < -0.39 is 28.5 Å². The number of benzene rings is 1. The Bertz CT molecular complexity index is 831. The largest absolute Gasteiger partial charge is 0.348 e. The fraction of sp³-hybridized carbons (Fsp3) is 0.421. The van der Waals surface area contributed by atoms with Gasteiger partial charge in [-0.3, -0.25) is 0 Å². The van der Waals surface area contributed by atoms with E-state index in [1.165, 1.54) is 11.8 Å². The van der Waals surface area contributed by atoms with Gasteiger partial charge in [-0.05, 0) is 64.9 Å². The van der Waals surface area contributed by atoms with Gasteiger partial charge in [-0.25, -0.2) is 18.2 Å². The number of ether oxygens (including phenoxy) is 2. The summed E-state index contributed by atoms with van der Waals surface area (Å²) in [6.45, 7) is 4.71. The van der Waals surface area contributed by atoms with Crippen molar-refractivity contribution in [2.75, 3.05) is 19.0 Å². The Kier molecular flexibility index (Phi) is 6.50. The minimum atomic E-state index is -1.17. The van der Waals surface area contributed by atoms with Crippen LogP contribution in [0.15, 0.2) is 29.0 Å². The zero-order valence-corrected chi connectivity index (χ0v) is 17.3. The third-order valence-corrected chi connectivity index (χ3v) is 6.18. The lowest BCUT2D eigenvalue weighted by molar-refractivity contribution is -0.142. The van der Waals surface area contributed by atoms with Gasteiger partial charge in [0.05, 0.1) is 18.5 Å². The maximum atomic E-state index is 14.5. The fourth-order valence-corrected chi connectivity index (χ4v) is 4.96. The van der Waals surface area contributed by atoms with Gasteiger partial charge in [0.15, 0.2) is 17.4 Å². The number of halogens is 4. The molecule has 1 aliphatic heterocycles. The van der Waals surface area contributed by atoms with Crippen molar-refractivity contribution in [3.05, 3.63) is 63.1 Å². The number of nitrogens with zero attached hydrogens (tertiary/aromatic N) is 1. The average molecular weight is 462 g/mol. The molecular formula is C19H19BrF3NO2S. The molecular weight excluding hydrogens is 443 g/mol. The Morgan fingerprint density at radius 3 is 2.56 bits per heavy atom. The molecule has 0 saturated carbocycles. The Morgan fingerprint density at radius 2 is 1.89 bits per heavy atom. The van der Waals surface area contributed by atoms with E-state index in [4.69, 9.17) is 9.47 Å². The lowest BCUT2D eigenvalue weighted by Crippen LogP contribution is -2.26. The van der Waals surface area contributed by atoms with Crippen LogP contribution in [0.5, 0.6) is 0 Å². The predicted molar refractivity (Wildman–Crippen MR) is 102 cm³/mol. The van der Waals surface area contributed by atoms with Crippen LogP contribution in [0.2, 0.25) is 0 Å². The average Bonchev–Trinajstić information content (AvgIpc) is 3.04. The molecule has 0 radical (unpaired) electrons. The molecule has 1 aromatic heterocycles. The van der Waals surface area contributed by atoms with Crippen molar-refractivity contribution in [1.82, 2.24) is 4.98 Å². The molecule has 0 bridgehead atoms. The molecule has 1 atom stereocenters.